The topological polar surface area (TPSA) is 21.3 Å². The smallest absolute Gasteiger partial charge is 0.129 e. The van der Waals surface area contributed by atoms with Gasteiger partial charge in [-0.05, 0) is 24.7 Å². The number of halogens is 2. The van der Waals surface area contributed by atoms with E-state index in [9.17, 15) is 4.39 Å². The number of likely N-dealkylation sites (N-methyl/N-ethyl adjacent to an activating group) is 1. The first kappa shape index (κ1) is 15.2. The minimum atomic E-state index is -0.312. The maximum absolute atomic E-state index is 13.9. The van der Waals surface area contributed by atoms with Crippen LogP contribution < -0.4 is 5.32 Å². The van der Waals surface area contributed by atoms with Crippen molar-refractivity contribution in [2.75, 3.05) is 13.6 Å². The summed E-state index contributed by atoms with van der Waals surface area (Å²) in [6.07, 6.45) is -0.312. The van der Waals surface area contributed by atoms with E-state index in [2.05, 4.69) is 21.2 Å². The zero-order valence-electron chi connectivity index (χ0n) is 11.3. The van der Waals surface area contributed by atoms with Gasteiger partial charge < -0.3 is 10.1 Å². The van der Waals surface area contributed by atoms with E-state index in [0.717, 1.165) is 10.0 Å². The number of nitrogens with one attached hydrogen (secondary N) is 1. The molecule has 1 unspecified atom stereocenters. The molecule has 0 amide bonds. The third kappa shape index (κ3) is 3.88. The van der Waals surface area contributed by atoms with Crippen molar-refractivity contribution in [2.45, 2.75) is 12.7 Å². The summed E-state index contributed by atoms with van der Waals surface area (Å²) < 4.78 is 20.7. The molecule has 0 aromatic heterocycles. The highest BCUT2D eigenvalue weighted by atomic mass is 79.9. The summed E-state index contributed by atoms with van der Waals surface area (Å²) in [6.45, 7) is 0.994. The third-order valence-corrected chi connectivity index (χ3v) is 3.81. The van der Waals surface area contributed by atoms with Gasteiger partial charge in [0.15, 0.2) is 0 Å². The van der Waals surface area contributed by atoms with Crippen molar-refractivity contribution < 1.29 is 9.13 Å². The lowest BCUT2D eigenvalue weighted by molar-refractivity contribution is 0.0385. The molecule has 4 heteroatoms. The molecule has 20 heavy (non-hydrogen) atoms. The molecule has 106 valence electrons. The van der Waals surface area contributed by atoms with Crippen LogP contribution >= 0.6 is 15.9 Å². The fourth-order valence-corrected chi connectivity index (χ4v) is 2.39. The van der Waals surface area contributed by atoms with E-state index >= 15 is 0 Å². The van der Waals surface area contributed by atoms with Crippen LogP contribution in [0.2, 0.25) is 0 Å². The van der Waals surface area contributed by atoms with Gasteiger partial charge in [-0.3, -0.25) is 0 Å². The number of hydrogen-bond acceptors (Lipinski definition) is 2. The summed E-state index contributed by atoms with van der Waals surface area (Å²) in [5, 5.41) is 3.04. The van der Waals surface area contributed by atoms with Gasteiger partial charge in [0.05, 0.1) is 12.7 Å². The molecule has 1 N–H and O–H groups in total. The Kier molecular flexibility index (Phi) is 5.71. The van der Waals surface area contributed by atoms with Gasteiger partial charge >= 0.3 is 0 Å². The van der Waals surface area contributed by atoms with E-state index in [1.165, 1.54) is 6.07 Å². The van der Waals surface area contributed by atoms with Crippen molar-refractivity contribution >= 4 is 15.9 Å². The van der Waals surface area contributed by atoms with Gasteiger partial charge in [0.25, 0.3) is 0 Å². The summed E-state index contributed by atoms with van der Waals surface area (Å²) >= 11 is 3.49. The Labute approximate surface area is 127 Å². The molecule has 0 saturated heterocycles. The third-order valence-electron chi connectivity index (χ3n) is 3.04. The maximum atomic E-state index is 13.9. The molecular weight excluding hydrogens is 321 g/mol. The van der Waals surface area contributed by atoms with Crippen molar-refractivity contribution in [3.63, 3.8) is 0 Å². The van der Waals surface area contributed by atoms with Crippen LogP contribution in [0.25, 0.3) is 0 Å². The van der Waals surface area contributed by atoms with Crippen LogP contribution in [0.15, 0.2) is 53.0 Å². The number of rotatable bonds is 6. The Morgan fingerprint density at radius 3 is 2.55 bits per heavy atom. The van der Waals surface area contributed by atoms with Crippen molar-refractivity contribution in [3.8, 4) is 0 Å². The second-order valence-corrected chi connectivity index (χ2v) is 5.32. The highest BCUT2D eigenvalue weighted by Crippen LogP contribution is 2.23. The zero-order chi connectivity index (χ0) is 14.4. The molecule has 0 aliphatic carbocycles. The zero-order valence-corrected chi connectivity index (χ0v) is 12.9. The number of benzene rings is 2. The lowest BCUT2D eigenvalue weighted by atomic mass is 10.1. The predicted molar refractivity (Wildman–Crippen MR) is 82.0 cm³/mol. The average molecular weight is 338 g/mol. The summed E-state index contributed by atoms with van der Waals surface area (Å²) in [6, 6.07) is 14.6. The fourth-order valence-electron chi connectivity index (χ4n) is 1.99. The molecule has 0 spiro atoms. The second-order valence-electron chi connectivity index (χ2n) is 4.47. The van der Waals surface area contributed by atoms with E-state index in [4.69, 9.17) is 4.74 Å². The molecule has 0 radical (unpaired) electrons. The van der Waals surface area contributed by atoms with Crippen molar-refractivity contribution in [2.24, 2.45) is 0 Å². The molecule has 2 aromatic carbocycles. The minimum absolute atomic E-state index is 0.236. The largest absolute Gasteiger partial charge is 0.367 e. The predicted octanol–water partition coefficient (Wildman–Crippen LogP) is 4.07. The van der Waals surface area contributed by atoms with E-state index in [0.29, 0.717) is 18.7 Å². The van der Waals surface area contributed by atoms with Gasteiger partial charge in [-0.25, -0.2) is 4.39 Å². The molecule has 0 bridgehead atoms. The van der Waals surface area contributed by atoms with Crippen LogP contribution in [0.4, 0.5) is 4.39 Å². The van der Waals surface area contributed by atoms with Gasteiger partial charge in [0, 0.05) is 16.6 Å². The maximum Gasteiger partial charge on any atom is 0.129 e. The fraction of sp³-hybridized carbons (Fsp3) is 0.250. The van der Waals surface area contributed by atoms with Gasteiger partial charge in [0.1, 0.15) is 5.82 Å². The molecule has 2 rings (SSSR count). The molecule has 2 nitrogen and oxygen atoms in total. The summed E-state index contributed by atoms with van der Waals surface area (Å²) in [5.41, 5.74) is 1.62. The first-order valence-electron chi connectivity index (χ1n) is 6.46. The molecule has 0 saturated carbocycles. The van der Waals surface area contributed by atoms with Crippen LogP contribution in [0.3, 0.4) is 0 Å². The monoisotopic (exact) mass is 337 g/mol. The van der Waals surface area contributed by atoms with Gasteiger partial charge in [-0.15, -0.1) is 0 Å². The molecule has 1 atom stereocenters. The Morgan fingerprint density at radius 2 is 1.85 bits per heavy atom. The highest BCUT2D eigenvalue weighted by molar-refractivity contribution is 9.10. The van der Waals surface area contributed by atoms with Crippen molar-refractivity contribution in [1.82, 2.24) is 5.32 Å². The minimum Gasteiger partial charge on any atom is -0.367 e. The summed E-state index contributed by atoms with van der Waals surface area (Å²) in [5.74, 6) is -0.236. The first-order valence-corrected chi connectivity index (χ1v) is 7.25. The second kappa shape index (κ2) is 7.53. The number of ether oxygens (including phenoxy) is 1. The first-order chi connectivity index (χ1) is 9.72. The SMILES string of the molecule is CNCC(OCc1ccccc1Br)c1ccccc1F. The van der Waals surface area contributed by atoms with Gasteiger partial charge in [-0.2, -0.15) is 0 Å². The van der Waals surface area contributed by atoms with E-state index in [-0.39, 0.29) is 11.9 Å². The summed E-state index contributed by atoms with van der Waals surface area (Å²) in [7, 11) is 1.83. The lowest BCUT2D eigenvalue weighted by Gasteiger charge is -2.19. The van der Waals surface area contributed by atoms with Crippen LogP contribution in [0.1, 0.15) is 17.2 Å². The Hall–Kier alpha value is -1.23. The van der Waals surface area contributed by atoms with Crippen LogP contribution in [-0.4, -0.2) is 13.6 Å². The Morgan fingerprint density at radius 1 is 1.15 bits per heavy atom. The van der Waals surface area contributed by atoms with E-state index < -0.39 is 0 Å². The normalized spacial score (nSPS) is 12.3. The molecule has 0 aliphatic rings. The van der Waals surface area contributed by atoms with Gasteiger partial charge in [-0.1, -0.05) is 52.3 Å². The van der Waals surface area contributed by atoms with Crippen LogP contribution in [0, 0.1) is 5.82 Å². The lowest BCUT2D eigenvalue weighted by Crippen LogP contribution is -2.20. The quantitative estimate of drug-likeness (QED) is 0.857. The highest BCUT2D eigenvalue weighted by Gasteiger charge is 2.15. The standard InChI is InChI=1S/C16H17BrFNO/c1-19-10-16(13-7-3-5-9-15(13)18)20-11-12-6-2-4-8-14(12)17/h2-9,16,19H,10-11H2,1H3. The molecular formula is C16H17BrFNO. The Balaban J connectivity index is 2.11. The average Bonchev–Trinajstić information content (AvgIpc) is 2.46. The van der Waals surface area contributed by atoms with Crippen molar-refractivity contribution in [1.29, 1.82) is 0 Å². The molecule has 0 heterocycles. The van der Waals surface area contributed by atoms with Gasteiger partial charge in [0.2, 0.25) is 0 Å². The number of hydrogen-bond donors (Lipinski definition) is 1. The van der Waals surface area contributed by atoms with E-state index in [1.54, 1.807) is 12.1 Å². The molecule has 0 fully saturated rings. The molecule has 0 aliphatic heterocycles. The van der Waals surface area contributed by atoms with Crippen molar-refractivity contribution in [3.05, 3.63) is 69.9 Å². The Bertz CT molecular complexity index is 562. The molecule has 2 aromatic rings. The van der Waals surface area contributed by atoms with E-state index in [1.807, 2.05) is 37.4 Å². The van der Waals surface area contributed by atoms with Crippen LogP contribution in [0.5, 0.6) is 0 Å². The van der Waals surface area contributed by atoms with Crippen LogP contribution in [-0.2, 0) is 11.3 Å². The summed E-state index contributed by atoms with van der Waals surface area (Å²) in [4.78, 5) is 0.